The van der Waals surface area contributed by atoms with Crippen molar-refractivity contribution >= 4 is 23.3 Å². The van der Waals surface area contributed by atoms with Gasteiger partial charge < -0.3 is 25.4 Å². The summed E-state index contributed by atoms with van der Waals surface area (Å²) in [6.45, 7) is -1.42. The minimum Gasteiger partial charge on any atom is -0.480 e. The van der Waals surface area contributed by atoms with E-state index in [0.717, 1.165) is 21.8 Å². The molecule has 2 atom stereocenters. The number of halogens is 5. The minimum atomic E-state index is -4.78. The summed E-state index contributed by atoms with van der Waals surface area (Å²) in [4.78, 5) is 33.8. The zero-order valence-electron chi connectivity index (χ0n) is 19.8. The Balaban J connectivity index is 1.62. The molecule has 0 aliphatic carbocycles. The van der Waals surface area contributed by atoms with Gasteiger partial charge in [-0.1, -0.05) is 0 Å². The number of hydrogen-bond acceptors (Lipinski definition) is 8. The lowest BCUT2D eigenvalue weighted by Gasteiger charge is -2.17. The number of carbonyl (C=O) groups is 2. The van der Waals surface area contributed by atoms with Gasteiger partial charge in [-0.05, 0) is 12.1 Å². The second-order valence-electron chi connectivity index (χ2n) is 8.29. The van der Waals surface area contributed by atoms with E-state index < -0.39 is 54.0 Å². The summed E-state index contributed by atoms with van der Waals surface area (Å²) in [5.74, 6) is -1.42. The number of nitrogen functional groups attached to an aromatic ring is 1. The summed E-state index contributed by atoms with van der Waals surface area (Å²) in [5.41, 5.74) is 3.89. The molecule has 1 aliphatic rings. The summed E-state index contributed by atoms with van der Waals surface area (Å²) < 4.78 is 78.8. The van der Waals surface area contributed by atoms with Gasteiger partial charge in [0.15, 0.2) is 5.82 Å². The number of methoxy groups -OCH3 is 1. The highest BCUT2D eigenvalue weighted by Gasteiger charge is 2.39. The van der Waals surface area contributed by atoms with Crippen LogP contribution in [0.5, 0.6) is 5.88 Å². The van der Waals surface area contributed by atoms with Crippen LogP contribution >= 0.6 is 0 Å². The number of nitrogens with zero attached hydrogens (tertiary/aromatic N) is 5. The first-order chi connectivity index (χ1) is 18.0. The van der Waals surface area contributed by atoms with Gasteiger partial charge in [-0.2, -0.15) is 18.3 Å². The molecular weight excluding hydrogens is 521 g/mol. The van der Waals surface area contributed by atoms with E-state index in [1.807, 2.05) is 0 Å². The van der Waals surface area contributed by atoms with Gasteiger partial charge in [-0.25, -0.2) is 23.7 Å². The first-order valence-corrected chi connectivity index (χ1v) is 11.2. The SMILES string of the molecule is COc1ncc(-c2cc(C(F)(F)F)c3c(N)ncnn23)cc1C(=O)N[C@@H]1CN(C(=O)OCCCF)C[C@@H]1F. The molecule has 1 fully saturated rings. The molecule has 4 rings (SSSR count). The van der Waals surface area contributed by atoms with Crippen molar-refractivity contribution < 1.29 is 41.0 Å². The lowest BCUT2D eigenvalue weighted by molar-refractivity contribution is -0.136. The van der Waals surface area contributed by atoms with Crippen LogP contribution in [-0.4, -0.2) is 82.2 Å². The number of ether oxygens (including phenoxy) is 2. The minimum absolute atomic E-state index is 0.00196. The molecule has 0 spiro atoms. The average molecular weight is 543 g/mol. The smallest absolute Gasteiger partial charge is 0.418 e. The fourth-order valence-corrected chi connectivity index (χ4v) is 4.01. The van der Waals surface area contributed by atoms with Gasteiger partial charge in [0, 0.05) is 24.7 Å². The number of anilines is 1. The third-order valence-corrected chi connectivity index (χ3v) is 5.80. The molecule has 204 valence electrons. The molecule has 0 unspecified atom stereocenters. The molecule has 1 aliphatic heterocycles. The maximum atomic E-state index is 14.6. The number of hydrogen-bond donors (Lipinski definition) is 2. The first kappa shape index (κ1) is 26.8. The number of amides is 2. The Kier molecular flexibility index (Phi) is 7.50. The average Bonchev–Trinajstić information content (AvgIpc) is 3.45. The van der Waals surface area contributed by atoms with Gasteiger partial charge in [0.05, 0.1) is 44.2 Å². The molecule has 0 bridgehead atoms. The van der Waals surface area contributed by atoms with E-state index in [0.29, 0.717) is 0 Å². The van der Waals surface area contributed by atoms with E-state index in [1.165, 1.54) is 19.4 Å². The van der Waals surface area contributed by atoms with Crippen molar-refractivity contribution in [3.05, 3.63) is 35.8 Å². The summed E-state index contributed by atoms with van der Waals surface area (Å²) in [7, 11) is 1.23. The number of nitrogens with two attached hydrogens (primary N) is 1. The van der Waals surface area contributed by atoms with Crippen molar-refractivity contribution in [2.45, 2.75) is 24.8 Å². The number of likely N-dealkylation sites (tertiary alicyclic amines) is 1. The highest BCUT2D eigenvalue weighted by atomic mass is 19.4. The maximum absolute atomic E-state index is 14.6. The van der Waals surface area contributed by atoms with E-state index in [9.17, 15) is 31.5 Å². The normalized spacial score (nSPS) is 17.6. The Morgan fingerprint density at radius 1 is 1.24 bits per heavy atom. The van der Waals surface area contributed by atoms with Crippen LogP contribution in [0.15, 0.2) is 24.7 Å². The highest BCUT2D eigenvalue weighted by Crippen LogP contribution is 2.39. The van der Waals surface area contributed by atoms with Crippen LogP contribution in [0.4, 0.5) is 32.6 Å². The van der Waals surface area contributed by atoms with Crippen molar-refractivity contribution in [3.63, 3.8) is 0 Å². The van der Waals surface area contributed by atoms with Crippen LogP contribution in [0.1, 0.15) is 22.3 Å². The Bertz CT molecular complexity index is 1350. The topological polar surface area (TPSA) is 137 Å². The maximum Gasteiger partial charge on any atom is 0.418 e. The van der Waals surface area contributed by atoms with E-state index in [-0.39, 0.29) is 48.8 Å². The number of nitrogens with one attached hydrogen (secondary N) is 1. The Labute approximate surface area is 211 Å². The second-order valence-corrected chi connectivity index (χ2v) is 8.29. The molecule has 1 saturated heterocycles. The van der Waals surface area contributed by atoms with Gasteiger partial charge >= 0.3 is 12.3 Å². The van der Waals surface area contributed by atoms with E-state index in [4.69, 9.17) is 15.2 Å². The number of rotatable bonds is 7. The van der Waals surface area contributed by atoms with Gasteiger partial charge in [-0.3, -0.25) is 9.18 Å². The standard InChI is InChI=1S/C22H22F5N7O4/c1-37-20-12(19(35)32-15-9-33(8-14(15)24)21(36)38-4-2-3-23)5-11(7-29-20)16-6-13(22(25,26)27)17-18(28)30-10-31-34(16)17/h5-7,10,14-15H,2-4,8-9H2,1H3,(H,32,35)(H2,28,30,31)/t14-,15+/m0/s1. The molecule has 0 radical (unpaired) electrons. The van der Waals surface area contributed by atoms with Crippen LogP contribution in [-0.2, 0) is 10.9 Å². The van der Waals surface area contributed by atoms with Crippen molar-refractivity contribution in [1.29, 1.82) is 0 Å². The molecule has 3 aromatic heterocycles. The Morgan fingerprint density at radius 3 is 2.68 bits per heavy atom. The molecule has 3 N–H and O–H groups in total. The third-order valence-electron chi connectivity index (χ3n) is 5.80. The third kappa shape index (κ3) is 5.24. The Hall–Kier alpha value is -4.24. The molecule has 38 heavy (non-hydrogen) atoms. The highest BCUT2D eigenvalue weighted by molar-refractivity contribution is 5.98. The molecule has 0 saturated carbocycles. The summed E-state index contributed by atoms with van der Waals surface area (Å²) in [6, 6.07) is 0.891. The van der Waals surface area contributed by atoms with Crippen LogP contribution < -0.4 is 15.8 Å². The Morgan fingerprint density at radius 2 is 2.00 bits per heavy atom. The molecule has 4 heterocycles. The van der Waals surface area contributed by atoms with Gasteiger partial charge in [0.2, 0.25) is 5.88 Å². The quantitative estimate of drug-likeness (QED) is 0.343. The zero-order chi connectivity index (χ0) is 27.6. The van der Waals surface area contributed by atoms with Gasteiger partial charge in [0.1, 0.15) is 23.6 Å². The molecule has 16 heteroatoms. The summed E-state index contributed by atoms with van der Waals surface area (Å²) >= 11 is 0. The van der Waals surface area contributed by atoms with Crippen LogP contribution in [0, 0.1) is 0 Å². The van der Waals surface area contributed by atoms with Crippen molar-refractivity contribution in [2.24, 2.45) is 0 Å². The lowest BCUT2D eigenvalue weighted by atomic mass is 10.1. The molecular formula is C22H22F5N7O4. The molecule has 2 amide bonds. The summed E-state index contributed by atoms with van der Waals surface area (Å²) in [6.07, 6.45) is -5.10. The number of aromatic nitrogens is 4. The monoisotopic (exact) mass is 543 g/mol. The first-order valence-electron chi connectivity index (χ1n) is 11.2. The predicted octanol–water partition coefficient (Wildman–Crippen LogP) is 2.65. The van der Waals surface area contributed by atoms with Crippen LogP contribution in [0.2, 0.25) is 0 Å². The van der Waals surface area contributed by atoms with E-state index in [1.54, 1.807) is 0 Å². The number of alkyl halides is 5. The summed E-state index contributed by atoms with van der Waals surface area (Å²) in [5, 5.41) is 6.31. The molecule has 3 aromatic rings. The van der Waals surface area contributed by atoms with Gasteiger partial charge in [-0.15, -0.1) is 0 Å². The second kappa shape index (κ2) is 10.6. The predicted molar refractivity (Wildman–Crippen MR) is 122 cm³/mol. The van der Waals surface area contributed by atoms with Crippen molar-refractivity contribution in [3.8, 4) is 17.1 Å². The largest absolute Gasteiger partial charge is 0.480 e. The lowest BCUT2D eigenvalue weighted by Crippen LogP contribution is -2.42. The van der Waals surface area contributed by atoms with E-state index >= 15 is 0 Å². The van der Waals surface area contributed by atoms with Crippen LogP contribution in [0.3, 0.4) is 0 Å². The fourth-order valence-electron chi connectivity index (χ4n) is 4.01. The molecule has 0 aromatic carbocycles. The van der Waals surface area contributed by atoms with E-state index in [2.05, 4.69) is 20.4 Å². The number of carbonyl (C=O) groups excluding carboxylic acids is 2. The molecule has 11 nitrogen and oxygen atoms in total. The van der Waals surface area contributed by atoms with Crippen molar-refractivity contribution in [2.75, 3.05) is 39.2 Å². The fraction of sp³-hybridized carbons (Fsp3) is 0.409. The van der Waals surface area contributed by atoms with Gasteiger partial charge in [0.25, 0.3) is 5.91 Å². The van der Waals surface area contributed by atoms with Crippen LogP contribution in [0.25, 0.3) is 16.8 Å². The number of fused-ring (bicyclic) bond motifs is 1. The zero-order valence-corrected chi connectivity index (χ0v) is 19.8. The number of pyridine rings is 1. The van der Waals surface area contributed by atoms with Crippen molar-refractivity contribution in [1.82, 2.24) is 29.8 Å².